The van der Waals surface area contributed by atoms with Gasteiger partial charge in [0.1, 0.15) is 0 Å². The first-order chi connectivity index (χ1) is 9.19. The molecule has 0 amide bonds. The zero-order chi connectivity index (χ0) is 14.7. The van der Waals surface area contributed by atoms with Gasteiger partial charge in [-0.05, 0) is 37.3 Å². The van der Waals surface area contributed by atoms with Gasteiger partial charge in [0.15, 0.2) is 0 Å². The third-order valence-corrected chi connectivity index (χ3v) is 2.89. The summed E-state index contributed by atoms with van der Waals surface area (Å²) in [5.41, 5.74) is 8.58. The molecule has 0 aliphatic carbocycles. The molecule has 3 nitrogen and oxygen atoms in total. The minimum atomic E-state index is -0.213. The summed E-state index contributed by atoms with van der Waals surface area (Å²) in [6.45, 7) is 8.11. The summed E-state index contributed by atoms with van der Waals surface area (Å²) in [4.78, 5) is 4.20. The highest BCUT2D eigenvalue weighted by Crippen LogP contribution is 2.25. The molecule has 0 saturated heterocycles. The maximum Gasteiger partial charge on any atom is 0.0860 e. The molecule has 0 heterocycles. The smallest absolute Gasteiger partial charge is 0.0860 e. The second-order valence-electron chi connectivity index (χ2n) is 4.34. The van der Waals surface area contributed by atoms with Crippen LogP contribution in [0, 0.1) is 6.92 Å². The van der Waals surface area contributed by atoms with Crippen LogP contribution in [0.3, 0.4) is 0 Å². The van der Waals surface area contributed by atoms with Crippen molar-refractivity contribution in [2.45, 2.75) is 59.5 Å². The van der Waals surface area contributed by atoms with Crippen LogP contribution in [0.25, 0.3) is 0 Å². The van der Waals surface area contributed by atoms with Crippen LogP contribution < -0.4 is 5.73 Å². The Morgan fingerprint density at radius 2 is 2.00 bits per heavy atom. The van der Waals surface area contributed by atoms with E-state index in [0.717, 1.165) is 42.5 Å². The second-order valence-corrected chi connectivity index (χ2v) is 4.34. The number of aliphatic hydroxyl groups excluding tert-OH is 1. The first-order valence-corrected chi connectivity index (χ1v) is 7.19. The van der Waals surface area contributed by atoms with Crippen molar-refractivity contribution in [3.8, 4) is 0 Å². The largest absolute Gasteiger partial charge is 0.393 e. The molecular weight excluding hydrogens is 236 g/mol. The third kappa shape index (κ3) is 6.39. The number of aliphatic hydroxyl groups is 1. The van der Waals surface area contributed by atoms with Crippen LogP contribution in [0.15, 0.2) is 23.2 Å². The number of hydrogen-bond donors (Lipinski definition) is 2. The zero-order valence-electron chi connectivity index (χ0n) is 12.7. The number of nitrogens with zero attached hydrogens (tertiary/aromatic N) is 1. The highest BCUT2D eigenvalue weighted by Gasteiger charge is 2.07. The molecule has 1 atom stereocenters. The summed E-state index contributed by atoms with van der Waals surface area (Å²) in [5.74, 6) is 0. The van der Waals surface area contributed by atoms with E-state index in [1.807, 2.05) is 39.0 Å². The molecule has 0 aromatic heterocycles. The average Bonchev–Trinajstić information content (AvgIpc) is 2.42. The average molecular weight is 264 g/mol. The predicted octanol–water partition coefficient (Wildman–Crippen LogP) is 3.73. The number of rotatable bonds is 6. The Morgan fingerprint density at radius 1 is 1.32 bits per heavy atom. The molecule has 1 rings (SSSR count). The lowest BCUT2D eigenvalue weighted by atomic mass is 10.0. The van der Waals surface area contributed by atoms with Crippen molar-refractivity contribution in [2.75, 3.05) is 0 Å². The molecule has 0 aliphatic heterocycles. The number of hydrogen-bond acceptors (Lipinski definition) is 2. The van der Waals surface area contributed by atoms with E-state index in [2.05, 4.69) is 11.9 Å². The van der Waals surface area contributed by atoms with E-state index in [0.29, 0.717) is 0 Å². The third-order valence-electron chi connectivity index (χ3n) is 2.89. The van der Waals surface area contributed by atoms with Gasteiger partial charge in [0, 0.05) is 0 Å². The Morgan fingerprint density at radius 3 is 2.58 bits per heavy atom. The molecular formula is C16H28N2O. The fourth-order valence-electron chi connectivity index (χ4n) is 1.98. The minimum absolute atomic E-state index is 0.213. The van der Waals surface area contributed by atoms with Gasteiger partial charge in [0.05, 0.1) is 18.1 Å². The first-order valence-electron chi connectivity index (χ1n) is 7.19. The first kappa shape index (κ1) is 17.6. The lowest BCUT2D eigenvalue weighted by Gasteiger charge is -2.11. The molecule has 0 bridgehead atoms. The van der Waals surface area contributed by atoms with Crippen molar-refractivity contribution in [3.63, 3.8) is 0 Å². The van der Waals surface area contributed by atoms with Gasteiger partial charge in [-0.3, -0.25) is 0 Å². The number of nitrogens with two attached hydrogens (primary N) is 1. The fraction of sp³-hybridized carbons (Fsp3) is 0.562. The molecule has 0 fully saturated rings. The van der Waals surface area contributed by atoms with Crippen LogP contribution in [-0.2, 0) is 6.42 Å². The van der Waals surface area contributed by atoms with Crippen molar-refractivity contribution in [1.82, 2.24) is 0 Å². The van der Waals surface area contributed by atoms with Crippen molar-refractivity contribution < 1.29 is 5.11 Å². The zero-order valence-corrected chi connectivity index (χ0v) is 12.7. The molecule has 0 radical (unpaired) electrons. The van der Waals surface area contributed by atoms with Crippen LogP contribution in [0.2, 0.25) is 0 Å². The molecule has 1 aromatic rings. The summed E-state index contributed by atoms with van der Waals surface area (Å²) in [6, 6.07) is 6.09. The molecule has 108 valence electrons. The van der Waals surface area contributed by atoms with Crippen molar-refractivity contribution in [3.05, 3.63) is 29.3 Å². The Kier molecular flexibility index (Phi) is 9.81. The van der Waals surface area contributed by atoms with Crippen LogP contribution in [0.5, 0.6) is 0 Å². The quantitative estimate of drug-likeness (QED) is 0.607. The van der Waals surface area contributed by atoms with Gasteiger partial charge in [-0.15, -0.1) is 0 Å². The van der Waals surface area contributed by atoms with Gasteiger partial charge in [-0.2, -0.15) is 0 Å². The van der Waals surface area contributed by atoms with Gasteiger partial charge < -0.3 is 10.8 Å². The van der Waals surface area contributed by atoms with Crippen molar-refractivity contribution in [1.29, 1.82) is 0 Å². The van der Waals surface area contributed by atoms with Crippen LogP contribution in [0.1, 0.15) is 51.2 Å². The van der Waals surface area contributed by atoms with E-state index in [1.165, 1.54) is 6.34 Å². The highest BCUT2D eigenvalue weighted by atomic mass is 16.3. The maximum atomic E-state index is 9.74. The molecule has 3 N–H and O–H groups in total. The summed E-state index contributed by atoms with van der Waals surface area (Å²) in [6.07, 6.45) is 4.62. The molecule has 0 aliphatic rings. The summed E-state index contributed by atoms with van der Waals surface area (Å²) in [5, 5.41) is 9.74. The Bertz CT molecular complexity index is 375. The highest BCUT2D eigenvalue weighted by molar-refractivity contribution is 5.63. The van der Waals surface area contributed by atoms with Gasteiger partial charge in [0.25, 0.3) is 0 Å². The van der Waals surface area contributed by atoms with Crippen LogP contribution in [0.4, 0.5) is 5.69 Å². The minimum Gasteiger partial charge on any atom is -0.393 e. The van der Waals surface area contributed by atoms with E-state index in [4.69, 9.17) is 5.73 Å². The summed E-state index contributed by atoms with van der Waals surface area (Å²) < 4.78 is 0. The number of benzene rings is 1. The lowest BCUT2D eigenvalue weighted by Crippen LogP contribution is -2.07. The second kappa shape index (κ2) is 10.6. The molecule has 19 heavy (non-hydrogen) atoms. The number of aliphatic imine (C=N–C) groups is 1. The molecule has 0 spiro atoms. The molecule has 0 saturated carbocycles. The van der Waals surface area contributed by atoms with Gasteiger partial charge in [0.2, 0.25) is 0 Å². The lowest BCUT2D eigenvalue weighted by molar-refractivity contribution is 0.154. The van der Waals surface area contributed by atoms with Crippen molar-refractivity contribution in [2.24, 2.45) is 10.7 Å². The van der Waals surface area contributed by atoms with E-state index in [1.54, 1.807) is 0 Å². The SMILES string of the molecule is CC.CCCC(O)CCc1cccc(C)c1N=CN. The van der Waals surface area contributed by atoms with E-state index < -0.39 is 0 Å². The Hall–Kier alpha value is -1.35. The maximum absolute atomic E-state index is 9.74. The Labute approximate surface area is 117 Å². The summed E-state index contributed by atoms with van der Waals surface area (Å²) >= 11 is 0. The van der Waals surface area contributed by atoms with Gasteiger partial charge in [-0.25, -0.2) is 4.99 Å². The Balaban J connectivity index is 0.00000154. The van der Waals surface area contributed by atoms with E-state index in [-0.39, 0.29) is 6.10 Å². The van der Waals surface area contributed by atoms with Gasteiger partial charge >= 0.3 is 0 Å². The van der Waals surface area contributed by atoms with E-state index >= 15 is 0 Å². The standard InChI is InChI=1S/C14H22N2O.C2H6/c1-3-5-13(17)9-8-12-7-4-6-11(2)14(12)16-10-15;1-2/h4,6-7,10,13,17H,3,5,8-9H2,1-2H3,(H2,15,16);1-2H3. The topological polar surface area (TPSA) is 58.6 Å². The van der Waals surface area contributed by atoms with Crippen LogP contribution in [-0.4, -0.2) is 17.5 Å². The molecule has 3 heteroatoms. The normalized spacial score (nSPS) is 12.1. The number of para-hydroxylation sites is 1. The van der Waals surface area contributed by atoms with Crippen LogP contribution >= 0.6 is 0 Å². The van der Waals surface area contributed by atoms with Gasteiger partial charge in [-0.1, -0.05) is 45.4 Å². The molecule has 1 aromatic carbocycles. The monoisotopic (exact) mass is 264 g/mol. The predicted molar refractivity (Wildman–Crippen MR) is 84.1 cm³/mol. The molecule has 1 unspecified atom stereocenters. The number of aryl methyl sites for hydroxylation is 2. The fourth-order valence-corrected chi connectivity index (χ4v) is 1.98. The summed E-state index contributed by atoms with van der Waals surface area (Å²) in [7, 11) is 0. The van der Waals surface area contributed by atoms with E-state index in [9.17, 15) is 5.11 Å². The van der Waals surface area contributed by atoms with Crippen molar-refractivity contribution >= 4 is 12.0 Å².